The number of phenols is 2. The molecule has 0 aromatic heterocycles. The summed E-state index contributed by atoms with van der Waals surface area (Å²) >= 11 is 0. The summed E-state index contributed by atoms with van der Waals surface area (Å²) in [6.45, 7) is 13.2. The number of aromatic hydroxyl groups is 2. The van der Waals surface area contributed by atoms with Gasteiger partial charge in [0, 0.05) is 17.2 Å². The van der Waals surface area contributed by atoms with Gasteiger partial charge < -0.3 is 14.9 Å². The minimum Gasteiger partial charge on any atom is -0.508 e. The topological polar surface area (TPSA) is 49.7 Å². The van der Waals surface area contributed by atoms with Crippen LogP contribution in [0.4, 0.5) is 0 Å². The summed E-state index contributed by atoms with van der Waals surface area (Å²) in [6, 6.07) is 8.88. The monoisotopic (exact) mass is 380 g/mol. The van der Waals surface area contributed by atoms with Crippen molar-refractivity contribution in [3.05, 3.63) is 64.7 Å². The normalized spacial score (nSPS) is 12.8. The van der Waals surface area contributed by atoms with E-state index in [2.05, 4.69) is 59.8 Å². The lowest BCUT2D eigenvalue weighted by Crippen LogP contribution is -2.19. The third-order valence-corrected chi connectivity index (χ3v) is 4.54. The standard InChI is InChI=1S/C25H32O3/c1-24(2,3)21-14-18(15-22(23(21)28-7)25(4,5)6)11-9-8-10-17-12-19(26)16-20(27)13-17/h8-16,26-27H,1-7H3/b10-8+,11-9+. The first-order valence-electron chi connectivity index (χ1n) is 9.52. The quantitative estimate of drug-likeness (QED) is 0.601. The second kappa shape index (κ2) is 8.14. The number of phenolic OH excluding ortho intramolecular Hbond substituents is 2. The number of hydrogen-bond acceptors (Lipinski definition) is 3. The first-order valence-corrected chi connectivity index (χ1v) is 9.52. The second-order valence-electron chi connectivity index (χ2n) is 9.15. The molecular formula is C25H32O3. The third-order valence-electron chi connectivity index (χ3n) is 4.54. The van der Waals surface area contributed by atoms with Gasteiger partial charge in [-0.25, -0.2) is 0 Å². The highest BCUT2D eigenvalue weighted by Gasteiger charge is 2.27. The van der Waals surface area contributed by atoms with Crippen molar-refractivity contribution in [1.82, 2.24) is 0 Å². The Balaban J connectivity index is 2.42. The van der Waals surface area contributed by atoms with Crippen LogP contribution in [0.25, 0.3) is 12.2 Å². The number of methoxy groups -OCH3 is 1. The third kappa shape index (κ3) is 5.41. The van der Waals surface area contributed by atoms with E-state index in [1.165, 1.54) is 17.2 Å². The van der Waals surface area contributed by atoms with Crippen LogP contribution in [0.3, 0.4) is 0 Å². The fourth-order valence-corrected chi connectivity index (χ4v) is 3.13. The van der Waals surface area contributed by atoms with E-state index in [-0.39, 0.29) is 22.3 Å². The molecule has 0 radical (unpaired) electrons. The lowest BCUT2D eigenvalue weighted by molar-refractivity contribution is 0.381. The first kappa shape index (κ1) is 21.6. The average Bonchev–Trinajstić information content (AvgIpc) is 2.55. The molecule has 150 valence electrons. The zero-order valence-corrected chi connectivity index (χ0v) is 18.0. The predicted octanol–water partition coefficient (Wildman–Crippen LogP) is 6.43. The van der Waals surface area contributed by atoms with Gasteiger partial charge in [0.1, 0.15) is 17.2 Å². The molecule has 2 aromatic carbocycles. The number of benzene rings is 2. The van der Waals surface area contributed by atoms with Crippen LogP contribution >= 0.6 is 0 Å². The van der Waals surface area contributed by atoms with Crippen molar-refractivity contribution in [3.63, 3.8) is 0 Å². The molecule has 28 heavy (non-hydrogen) atoms. The summed E-state index contributed by atoms with van der Waals surface area (Å²) in [4.78, 5) is 0. The molecule has 0 heterocycles. The Morgan fingerprint density at radius 1 is 0.679 bits per heavy atom. The Morgan fingerprint density at radius 3 is 1.43 bits per heavy atom. The van der Waals surface area contributed by atoms with Crippen LogP contribution in [0.5, 0.6) is 17.2 Å². The molecule has 2 N–H and O–H groups in total. The maximum Gasteiger partial charge on any atom is 0.126 e. The molecule has 0 bridgehead atoms. The molecule has 2 rings (SSSR count). The van der Waals surface area contributed by atoms with Gasteiger partial charge in [-0.15, -0.1) is 0 Å². The van der Waals surface area contributed by atoms with Crippen molar-refractivity contribution in [2.75, 3.05) is 7.11 Å². The van der Waals surface area contributed by atoms with E-state index in [1.54, 1.807) is 19.2 Å². The van der Waals surface area contributed by atoms with E-state index in [9.17, 15) is 10.2 Å². The lowest BCUT2D eigenvalue weighted by atomic mass is 9.78. The molecule has 0 fully saturated rings. The highest BCUT2D eigenvalue weighted by Crippen LogP contribution is 2.40. The molecule has 0 atom stereocenters. The summed E-state index contributed by atoms with van der Waals surface area (Å²) in [5.74, 6) is 1.05. The lowest BCUT2D eigenvalue weighted by Gasteiger charge is -2.29. The van der Waals surface area contributed by atoms with Crippen molar-refractivity contribution in [1.29, 1.82) is 0 Å². The highest BCUT2D eigenvalue weighted by molar-refractivity contribution is 5.63. The number of allylic oxidation sites excluding steroid dienone is 2. The molecule has 0 spiro atoms. The first-order chi connectivity index (χ1) is 12.9. The molecule has 0 amide bonds. The summed E-state index contributed by atoms with van der Waals surface area (Å²) in [5, 5.41) is 19.1. The van der Waals surface area contributed by atoms with Gasteiger partial charge in [-0.2, -0.15) is 0 Å². The Hall–Kier alpha value is -2.68. The second-order valence-corrected chi connectivity index (χ2v) is 9.15. The fraction of sp³-hybridized carbons (Fsp3) is 0.360. The molecule has 0 aliphatic rings. The van der Waals surface area contributed by atoms with Gasteiger partial charge >= 0.3 is 0 Å². The maximum atomic E-state index is 9.57. The van der Waals surface area contributed by atoms with E-state index >= 15 is 0 Å². The van der Waals surface area contributed by atoms with Crippen LogP contribution in [0, 0.1) is 0 Å². The van der Waals surface area contributed by atoms with Crippen molar-refractivity contribution in [2.24, 2.45) is 0 Å². The van der Waals surface area contributed by atoms with E-state index in [0.717, 1.165) is 16.9 Å². The van der Waals surface area contributed by atoms with E-state index < -0.39 is 0 Å². The summed E-state index contributed by atoms with van der Waals surface area (Å²) in [6.07, 6.45) is 7.76. The Kier molecular flexibility index (Phi) is 6.28. The highest BCUT2D eigenvalue weighted by atomic mass is 16.5. The van der Waals surface area contributed by atoms with E-state index in [1.807, 2.05) is 18.2 Å². The Morgan fingerprint density at radius 2 is 1.07 bits per heavy atom. The number of rotatable bonds is 4. The van der Waals surface area contributed by atoms with Gasteiger partial charge in [0.2, 0.25) is 0 Å². The van der Waals surface area contributed by atoms with Crippen LogP contribution < -0.4 is 4.74 Å². The molecule has 3 nitrogen and oxygen atoms in total. The van der Waals surface area contributed by atoms with Crippen LogP contribution in [-0.4, -0.2) is 17.3 Å². The molecule has 2 aromatic rings. The van der Waals surface area contributed by atoms with Crippen LogP contribution in [-0.2, 0) is 10.8 Å². The minimum absolute atomic E-state index is 0.0376. The minimum atomic E-state index is -0.0376. The smallest absolute Gasteiger partial charge is 0.126 e. The summed E-state index contributed by atoms with van der Waals surface area (Å²) < 4.78 is 5.80. The molecule has 0 saturated heterocycles. The number of ether oxygens (including phenoxy) is 1. The van der Waals surface area contributed by atoms with Gasteiger partial charge in [0.15, 0.2) is 0 Å². The average molecular weight is 381 g/mol. The van der Waals surface area contributed by atoms with Crippen molar-refractivity contribution < 1.29 is 14.9 Å². The van der Waals surface area contributed by atoms with Crippen molar-refractivity contribution >= 4 is 12.2 Å². The number of hydrogen-bond donors (Lipinski definition) is 2. The Bertz CT molecular complexity index is 836. The van der Waals surface area contributed by atoms with Gasteiger partial charge in [-0.1, -0.05) is 65.8 Å². The van der Waals surface area contributed by atoms with E-state index in [4.69, 9.17) is 4.74 Å². The van der Waals surface area contributed by atoms with Gasteiger partial charge in [0.05, 0.1) is 7.11 Å². The van der Waals surface area contributed by atoms with Gasteiger partial charge in [0.25, 0.3) is 0 Å². The maximum absolute atomic E-state index is 9.57. The van der Waals surface area contributed by atoms with Crippen molar-refractivity contribution in [3.8, 4) is 17.2 Å². The van der Waals surface area contributed by atoms with Crippen LogP contribution in [0.1, 0.15) is 63.8 Å². The molecule has 0 saturated carbocycles. The summed E-state index contributed by atoms with van der Waals surface area (Å²) in [7, 11) is 1.74. The Labute approximate surface area is 169 Å². The molecule has 3 heteroatoms. The summed E-state index contributed by atoms with van der Waals surface area (Å²) in [5.41, 5.74) is 4.14. The van der Waals surface area contributed by atoms with Crippen molar-refractivity contribution in [2.45, 2.75) is 52.4 Å². The molecule has 0 aliphatic carbocycles. The van der Waals surface area contributed by atoms with Gasteiger partial charge in [-0.3, -0.25) is 0 Å². The van der Waals surface area contributed by atoms with Crippen LogP contribution in [0.15, 0.2) is 42.5 Å². The molecule has 0 aliphatic heterocycles. The largest absolute Gasteiger partial charge is 0.508 e. The fourth-order valence-electron chi connectivity index (χ4n) is 3.13. The SMILES string of the molecule is COc1c(C(C)(C)C)cc(/C=C/C=C/c2cc(O)cc(O)c2)cc1C(C)(C)C. The van der Waals surface area contributed by atoms with Gasteiger partial charge in [-0.05, 0) is 46.2 Å². The zero-order chi connectivity index (χ0) is 21.1. The van der Waals surface area contributed by atoms with Crippen LogP contribution in [0.2, 0.25) is 0 Å². The molecular weight excluding hydrogens is 348 g/mol. The molecule has 0 unspecified atom stereocenters. The zero-order valence-electron chi connectivity index (χ0n) is 18.0. The predicted molar refractivity (Wildman–Crippen MR) is 118 cm³/mol. The van der Waals surface area contributed by atoms with E-state index in [0.29, 0.717) is 0 Å².